The van der Waals surface area contributed by atoms with Crippen LogP contribution >= 0.6 is 11.8 Å². The molecule has 20 heavy (non-hydrogen) atoms. The number of thioether (sulfide) groups is 1. The van der Waals surface area contributed by atoms with Crippen LogP contribution in [0, 0.1) is 0 Å². The van der Waals surface area contributed by atoms with Crippen molar-refractivity contribution >= 4 is 11.8 Å². The number of nitrogens with one attached hydrogen (secondary N) is 1. The topological polar surface area (TPSA) is 12.0 Å². The lowest BCUT2D eigenvalue weighted by Crippen LogP contribution is -2.04. The van der Waals surface area contributed by atoms with Crippen molar-refractivity contribution in [2.75, 3.05) is 12.8 Å². The molecule has 0 radical (unpaired) electrons. The standard InChI is InChI=1S/C18H31NS/c1-3-4-5-6-7-8-9-10-14-20-18-13-11-12-17(15-18)16-19-2/h11-13,15,19H,3-10,14,16H2,1-2H3. The van der Waals surface area contributed by atoms with Crippen LogP contribution in [0.4, 0.5) is 0 Å². The van der Waals surface area contributed by atoms with Gasteiger partial charge in [-0.25, -0.2) is 0 Å². The predicted octanol–water partition coefficient (Wildman–Crippen LogP) is 5.64. The Morgan fingerprint density at radius 1 is 0.950 bits per heavy atom. The fourth-order valence-corrected chi connectivity index (χ4v) is 3.37. The van der Waals surface area contributed by atoms with Gasteiger partial charge < -0.3 is 5.32 Å². The summed E-state index contributed by atoms with van der Waals surface area (Å²) in [6, 6.07) is 8.90. The van der Waals surface area contributed by atoms with Gasteiger partial charge in [0, 0.05) is 11.4 Å². The Labute approximate surface area is 129 Å². The minimum Gasteiger partial charge on any atom is -0.316 e. The maximum absolute atomic E-state index is 3.21. The van der Waals surface area contributed by atoms with Crippen molar-refractivity contribution in [3.63, 3.8) is 0 Å². The van der Waals surface area contributed by atoms with Crippen molar-refractivity contribution in [3.8, 4) is 0 Å². The summed E-state index contributed by atoms with van der Waals surface area (Å²) in [6.45, 7) is 3.24. The third-order valence-corrected chi connectivity index (χ3v) is 4.63. The van der Waals surface area contributed by atoms with Crippen LogP contribution in [0.5, 0.6) is 0 Å². The number of rotatable bonds is 12. The van der Waals surface area contributed by atoms with E-state index >= 15 is 0 Å². The number of benzene rings is 1. The Hall–Kier alpha value is -0.470. The van der Waals surface area contributed by atoms with E-state index in [1.807, 2.05) is 18.8 Å². The van der Waals surface area contributed by atoms with Gasteiger partial charge in [-0.3, -0.25) is 0 Å². The van der Waals surface area contributed by atoms with Gasteiger partial charge in [-0.05, 0) is 36.9 Å². The molecule has 1 rings (SSSR count). The normalized spacial score (nSPS) is 10.9. The first-order chi connectivity index (χ1) is 9.86. The molecule has 0 saturated heterocycles. The highest BCUT2D eigenvalue weighted by atomic mass is 32.2. The average molecular weight is 294 g/mol. The van der Waals surface area contributed by atoms with Crippen molar-refractivity contribution in [2.45, 2.75) is 69.7 Å². The first kappa shape index (κ1) is 17.6. The molecule has 1 nitrogen and oxygen atoms in total. The van der Waals surface area contributed by atoms with Crippen molar-refractivity contribution in [3.05, 3.63) is 29.8 Å². The molecule has 114 valence electrons. The van der Waals surface area contributed by atoms with Gasteiger partial charge in [0.15, 0.2) is 0 Å². The van der Waals surface area contributed by atoms with Crippen LogP contribution in [0.1, 0.15) is 63.9 Å². The van der Waals surface area contributed by atoms with Gasteiger partial charge in [0.2, 0.25) is 0 Å². The Balaban J connectivity index is 2.02. The molecule has 0 bridgehead atoms. The molecule has 0 aromatic heterocycles. The van der Waals surface area contributed by atoms with Gasteiger partial charge in [-0.1, -0.05) is 64.0 Å². The molecule has 0 atom stereocenters. The molecular weight excluding hydrogens is 262 g/mol. The Bertz CT molecular complexity index is 338. The summed E-state index contributed by atoms with van der Waals surface area (Å²) >= 11 is 2.00. The first-order valence-electron chi connectivity index (χ1n) is 8.23. The molecule has 2 heteroatoms. The fourth-order valence-electron chi connectivity index (χ4n) is 2.38. The van der Waals surface area contributed by atoms with Gasteiger partial charge in [-0.15, -0.1) is 11.8 Å². The molecule has 1 aromatic rings. The Morgan fingerprint density at radius 2 is 1.65 bits per heavy atom. The summed E-state index contributed by atoms with van der Waals surface area (Å²) in [5.74, 6) is 1.26. The van der Waals surface area contributed by atoms with E-state index in [1.165, 1.54) is 67.6 Å². The SMILES string of the molecule is CCCCCCCCCCSc1cccc(CNC)c1. The van der Waals surface area contributed by atoms with Gasteiger partial charge in [-0.2, -0.15) is 0 Å². The van der Waals surface area contributed by atoms with E-state index in [1.54, 1.807) is 0 Å². The van der Waals surface area contributed by atoms with E-state index < -0.39 is 0 Å². The summed E-state index contributed by atoms with van der Waals surface area (Å²) in [7, 11) is 2.00. The lowest BCUT2D eigenvalue weighted by atomic mass is 10.1. The maximum atomic E-state index is 3.21. The summed E-state index contributed by atoms with van der Waals surface area (Å²) < 4.78 is 0. The average Bonchev–Trinajstić information content (AvgIpc) is 2.46. The lowest BCUT2D eigenvalue weighted by molar-refractivity contribution is 0.586. The second-order valence-electron chi connectivity index (χ2n) is 5.50. The molecule has 0 saturated carbocycles. The summed E-state index contributed by atoms with van der Waals surface area (Å²) in [5, 5.41) is 3.21. The second-order valence-corrected chi connectivity index (χ2v) is 6.67. The summed E-state index contributed by atoms with van der Waals surface area (Å²) in [5.41, 5.74) is 1.38. The molecule has 0 aliphatic heterocycles. The molecule has 0 aliphatic carbocycles. The molecule has 0 fully saturated rings. The van der Waals surface area contributed by atoms with Gasteiger partial charge >= 0.3 is 0 Å². The minimum atomic E-state index is 0.964. The zero-order chi connectivity index (χ0) is 14.5. The largest absolute Gasteiger partial charge is 0.316 e. The molecule has 1 aromatic carbocycles. The Morgan fingerprint density at radius 3 is 2.35 bits per heavy atom. The Kier molecular flexibility index (Phi) is 10.8. The third kappa shape index (κ3) is 8.65. The lowest BCUT2D eigenvalue weighted by Gasteiger charge is -2.05. The first-order valence-corrected chi connectivity index (χ1v) is 9.21. The molecule has 0 unspecified atom stereocenters. The molecule has 0 amide bonds. The highest BCUT2D eigenvalue weighted by Crippen LogP contribution is 2.21. The van der Waals surface area contributed by atoms with Crippen LogP contribution in [0.2, 0.25) is 0 Å². The van der Waals surface area contributed by atoms with Gasteiger partial charge in [0.05, 0.1) is 0 Å². The van der Waals surface area contributed by atoms with E-state index in [9.17, 15) is 0 Å². The van der Waals surface area contributed by atoms with Gasteiger partial charge in [0.25, 0.3) is 0 Å². The highest BCUT2D eigenvalue weighted by Gasteiger charge is 1.97. The van der Waals surface area contributed by atoms with Gasteiger partial charge in [0.1, 0.15) is 0 Å². The quantitative estimate of drug-likeness (QED) is 0.395. The zero-order valence-corrected chi connectivity index (χ0v) is 14.1. The van der Waals surface area contributed by atoms with Crippen LogP contribution in [0.3, 0.4) is 0 Å². The number of unbranched alkanes of at least 4 members (excludes halogenated alkanes) is 7. The second kappa shape index (κ2) is 12.3. The van der Waals surface area contributed by atoms with Crippen molar-refractivity contribution < 1.29 is 0 Å². The van der Waals surface area contributed by atoms with E-state index in [-0.39, 0.29) is 0 Å². The molecule has 0 spiro atoms. The summed E-state index contributed by atoms with van der Waals surface area (Å²) in [6.07, 6.45) is 11.2. The zero-order valence-electron chi connectivity index (χ0n) is 13.3. The molecule has 1 N–H and O–H groups in total. The van der Waals surface area contributed by atoms with Crippen molar-refractivity contribution in [1.29, 1.82) is 0 Å². The van der Waals surface area contributed by atoms with E-state index in [0.29, 0.717) is 0 Å². The van der Waals surface area contributed by atoms with Crippen LogP contribution in [-0.2, 0) is 6.54 Å². The van der Waals surface area contributed by atoms with Crippen molar-refractivity contribution in [1.82, 2.24) is 5.32 Å². The molecule has 0 aliphatic rings. The minimum absolute atomic E-state index is 0.964. The highest BCUT2D eigenvalue weighted by molar-refractivity contribution is 7.99. The fraction of sp³-hybridized carbons (Fsp3) is 0.667. The van der Waals surface area contributed by atoms with E-state index in [4.69, 9.17) is 0 Å². The summed E-state index contributed by atoms with van der Waals surface area (Å²) in [4.78, 5) is 1.42. The van der Waals surface area contributed by atoms with E-state index in [2.05, 4.69) is 36.5 Å². The van der Waals surface area contributed by atoms with Crippen LogP contribution < -0.4 is 5.32 Å². The number of hydrogen-bond donors (Lipinski definition) is 1. The molecule has 0 heterocycles. The van der Waals surface area contributed by atoms with Crippen molar-refractivity contribution in [2.24, 2.45) is 0 Å². The predicted molar refractivity (Wildman–Crippen MR) is 92.5 cm³/mol. The maximum Gasteiger partial charge on any atom is 0.0202 e. The monoisotopic (exact) mass is 293 g/mol. The van der Waals surface area contributed by atoms with Crippen LogP contribution in [-0.4, -0.2) is 12.8 Å². The van der Waals surface area contributed by atoms with Crippen LogP contribution in [0.15, 0.2) is 29.2 Å². The molecular formula is C18H31NS. The number of hydrogen-bond acceptors (Lipinski definition) is 2. The van der Waals surface area contributed by atoms with Crippen LogP contribution in [0.25, 0.3) is 0 Å². The smallest absolute Gasteiger partial charge is 0.0202 e. The third-order valence-electron chi connectivity index (χ3n) is 3.55. The van der Waals surface area contributed by atoms with E-state index in [0.717, 1.165) is 6.54 Å².